The van der Waals surface area contributed by atoms with Crippen molar-refractivity contribution in [1.29, 1.82) is 0 Å². The van der Waals surface area contributed by atoms with Gasteiger partial charge in [0, 0.05) is 25.4 Å². The average Bonchev–Trinajstić information content (AvgIpc) is 3.02. The molecule has 0 spiro atoms. The van der Waals surface area contributed by atoms with Crippen molar-refractivity contribution in [3.05, 3.63) is 0 Å². The van der Waals surface area contributed by atoms with Crippen LogP contribution in [0.5, 0.6) is 0 Å². The minimum atomic E-state index is -1.48. The van der Waals surface area contributed by atoms with Crippen molar-refractivity contribution in [3.63, 3.8) is 0 Å². The average molecular weight is 286 g/mol. The minimum Gasteiger partial charge on any atom is -0.481 e. The highest BCUT2D eigenvalue weighted by atomic mass is 16.4. The Labute approximate surface area is 117 Å². The monoisotopic (exact) mass is 286 g/mol. The molecule has 114 valence electrons. The number of carbonyl (C=O) groups is 3. The fraction of sp³-hybridized carbons (Fsp3) is 0.769. The second-order valence-corrected chi connectivity index (χ2v) is 5.70. The van der Waals surface area contributed by atoms with Gasteiger partial charge in [-0.05, 0) is 19.3 Å². The zero-order valence-corrected chi connectivity index (χ0v) is 11.8. The maximum atomic E-state index is 11.5. The van der Waals surface area contributed by atoms with E-state index in [0.717, 1.165) is 6.42 Å². The van der Waals surface area contributed by atoms with Crippen molar-refractivity contribution in [2.75, 3.05) is 13.1 Å². The summed E-state index contributed by atoms with van der Waals surface area (Å²) in [6, 6.07) is 0. The lowest BCUT2D eigenvalue weighted by Gasteiger charge is -2.21. The lowest BCUT2D eigenvalue weighted by Crippen LogP contribution is -2.42. The van der Waals surface area contributed by atoms with Gasteiger partial charge < -0.3 is 20.8 Å². The lowest BCUT2D eigenvalue weighted by atomic mass is 10.0. The smallest absolute Gasteiger partial charge is 0.306 e. The molecule has 0 aliphatic heterocycles. The van der Waals surface area contributed by atoms with Crippen LogP contribution in [0.15, 0.2) is 0 Å². The number of carboxylic acids is 1. The van der Waals surface area contributed by atoms with Crippen LogP contribution < -0.4 is 10.6 Å². The number of aliphatic carboxylic acids is 1. The molecule has 3 unspecified atom stereocenters. The fourth-order valence-electron chi connectivity index (χ4n) is 1.88. The Balaban J connectivity index is 2.14. The summed E-state index contributed by atoms with van der Waals surface area (Å²) in [6.07, 6.45) is 0.565. The molecule has 0 bridgehead atoms. The Hall–Kier alpha value is -1.63. The van der Waals surface area contributed by atoms with Gasteiger partial charge in [0.2, 0.25) is 11.8 Å². The van der Waals surface area contributed by atoms with E-state index in [0.29, 0.717) is 5.92 Å². The zero-order chi connectivity index (χ0) is 15.3. The summed E-state index contributed by atoms with van der Waals surface area (Å²) in [4.78, 5) is 33.5. The number of carbonyl (C=O) groups excluding carboxylic acids is 2. The van der Waals surface area contributed by atoms with Crippen molar-refractivity contribution < 1.29 is 24.6 Å². The molecule has 0 aromatic carbocycles. The molecule has 0 aromatic rings. The first kappa shape index (κ1) is 16.4. The molecule has 1 fully saturated rings. The van der Waals surface area contributed by atoms with Gasteiger partial charge in [-0.15, -0.1) is 0 Å². The van der Waals surface area contributed by atoms with Crippen molar-refractivity contribution in [1.82, 2.24) is 10.6 Å². The molecular formula is C13H22N2O5. The first-order chi connectivity index (χ1) is 9.21. The third-order valence-electron chi connectivity index (χ3n) is 3.30. The number of nitrogens with one attached hydrogen (secondary N) is 2. The Morgan fingerprint density at radius 2 is 1.90 bits per heavy atom. The highest BCUT2D eigenvalue weighted by molar-refractivity contribution is 5.82. The summed E-state index contributed by atoms with van der Waals surface area (Å²) in [5.74, 6) is -0.984. The number of hydrogen-bond acceptors (Lipinski definition) is 4. The molecule has 7 nitrogen and oxygen atoms in total. The quantitative estimate of drug-likeness (QED) is 0.479. The molecule has 7 heteroatoms. The van der Waals surface area contributed by atoms with E-state index in [1.165, 1.54) is 6.92 Å². The van der Waals surface area contributed by atoms with E-state index in [4.69, 9.17) is 5.11 Å². The number of rotatable bonds is 8. The van der Waals surface area contributed by atoms with Gasteiger partial charge in [0.15, 0.2) is 0 Å². The predicted octanol–water partition coefficient (Wildman–Crippen LogP) is -0.509. The number of hydrogen-bond donors (Lipinski definition) is 4. The molecule has 1 rings (SSSR count). The Bertz CT molecular complexity index is 394. The zero-order valence-electron chi connectivity index (χ0n) is 11.8. The molecule has 20 heavy (non-hydrogen) atoms. The molecule has 3 atom stereocenters. The number of amides is 2. The summed E-state index contributed by atoms with van der Waals surface area (Å²) in [6.45, 7) is 3.46. The molecule has 1 aliphatic carbocycles. The molecule has 4 N–H and O–H groups in total. The van der Waals surface area contributed by atoms with Gasteiger partial charge in [-0.3, -0.25) is 14.4 Å². The van der Waals surface area contributed by atoms with Crippen LogP contribution in [0.3, 0.4) is 0 Å². The van der Waals surface area contributed by atoms with Crippen molar-refractivity contribution in [3.8, 4) is 0 Å². The first-order valence-electron chi connectivity index (χ1n) is 6.70. The molecule has 0 heterocycles. The maximum Gasteiger partial charge on any atom is 0.306 e. The van der Waals surface area contributed by atoms with Gasteiger partial charge in [0.25, 0.3) is 0 Å². The predicted molar refractivity (Wildman–Crippen MR) is 70.8 cm³/mol. The van der Waals surface area contributed by atoms with Gasteiger partial charge in [-0.1, -0.05) is 6.92 Å². The molecule has 0 aromatic heterocycles. The second-order valence-electron chi connectivity index (χ2n) is 5.70. The summed E-state index contributed by atoms with van der Waals surface area (Å²) in [7, 11) is 0. The van der Waals surface area contributed by atoms with E-state index in [1.54, 1.807) is 0 Å². The van der Waals surface area contributed by atoms with Crippen LogP contribution in [-0.4, -0.2) is 46.7 Å². The Morgan fingerprint density at radius 3 is 2.40 bits per heavy atom. The van der Waals surface area contributed by atoms with Crippen LogP contribution >= 0.6 is 0 Å². The summed E-state index contributed by atoms with van der Waals surface area (Å²) in [5, 5.41) is 23.4. The fourth-order valence-corrected chi connectivity index (χ4v) is 1.88. The third-order valence-corrected chi connectivity index (χ3v) is 3.30. The largest absolute Gasteiger partial charge is 0.481 e. The van der Waals surface area contributed by atoms with E-state index in [1.807, 2.05) is 6.92 Å². The molecule has 1 saturated carbocycles. The van der Waals surface area contributed by atoms with Crippen LogP contribution in [0.25, 0.3) is 0 Å². The summed E-state index contributed by atoms with van der Waals surface area (Å²) < 4.78 is 0. The van der Waals surface area contributed by atoms with Crippen LogP contribution in [0.4, 0.5) is 0 Å². The van der Waals surface area contributed by atoms with Gasteiger partial charge >= 0.3 is 5.97 Å². The summed E-state index contributed by atoms with van der Waals surface area (Å²) in [5.41, 5.74) is -1.48. The van der Waals surface area contributed by atoms with Gasteiger partial charge in [0.1, 0.15) is 0 Å². The standard InChI is InChI=1S/C13H22N2O5/c1-8-5-9(8)12(19)14-4-3-10(16)15-7-13(2,20)6-11(17)18/h8-9,20H,3-7H2,1-2H3,(H,14,19)(H,15,16)(H,17,18). The Kier molecular flexibility index (Phi) is 5.50. The van der Waals surface area contributed by atoms with E-state index >= 15 is 0 Å². The molecule has 0 saturated heterocycles. The molecule has 1 aliphatic rings. The molecular weight excluding hydrogens is 264 g/mol. The van der Waals surface area contributed by atoms with Crippen LogP contribution in [0.1, 0.15) is 33.1 Å². The van der Waals surface area contributed by atoms with Crippen LogP contribution in [-0.2, 0) is 14.4 Å². The van der Waals surface area contributed by atoms with Crippen molar-refractivity contribution in [2.24, 2.45) is 11.8 Å². The second kappa shape index (κ2) is 6.69. The lowest BCUT2D eigenvalue weighted by molar-refractivity contribution is -0.142. The third kappa shape index (κ3) is 6.01. The van der Waals surface area contributed by atoms with Crippen LogP contribution in [0.2, 0.25) is 0 Å². The first-order valence-corrected chi connectivity index (χ1v) is 6.70. The van der Waals surface area contributed by atoms with Crippen molar-refractivity contribution >= 4 is 17.8 Å². The minimum absolute atomic E-state index is 0.0248. The van der Waals surface area contributed by atoms with Gasteiger partial charge in [-0.2, -0.15) is 0 Å². The highest BCUT2D eigenvalue weighted by Crippen LogP contribution is 2.37. The van der Waals surface area contributed by atoms with Crippen molar-refractivity contribution in [2.45, 2.75) is 38.7 Å². The van der Waals surface area contributed by atoms with E-state index in [-0.39, 0.29) is 37.2 Å². The normalized spacial score (nSPS) is 23.6. The molecule has 0 radical (unpaired) electrons. The highest BCUT2D eigenvalue weighted by Gasteiger charge is 2.38. The SMILES string of the molecule is CC1CC1C(=O)NCCC(=O)NCC(C)(O)CC(=O)O. The van der Waals surface area contributed by atoms with Gasteiger partial charge in [-0.25, -0.2) is 0 Å². The number of aliphatic hydroxyl groups is 1. The summed E-state index contributed by atoms with van der Waals surface area (Å²) >= 11 is 0. The molecule has 2 amide bonds. The Morgan fingerprint density at radius 1 is 1.30 bits per heavy atom. The topological polar surface area (TPSA) is 116 Å². The maximum absolute atomic E-state index is 11.5. The van der Waals surface area contributed by atoms with E-state index < -0.39 is 18.0 Å². The van der Waals surface area contributed by atoms with E-state index in [2.05, 4.69) is 10.6 Å². The number of carboxylic acid groups (broad SMARTS) is 1. The van der Waals surface area contributed by atoms with E-state index in [9.17, 15) is 19.5 Å². The van der Waals surface area contributed by atoms with Gasteiger partial charge in [0.05, 0.1) is 12.0 Å². The van der Waals surface area contributed by atoms with Crippen LogP contribution in [0, 0.1) is 11.8 Å².